The third-order valence-corrected chi connectivity index (χ3v) is 14.4. The maximum atomic E-state index is 12.1. The van der Waals surface area contributed by atoms with Crippen molar-refractivity contribution >= 4 is 63.5 Å². The van der Waals surface area contributed by atoms with E-state index in [1.165, 1.54) is 24.3 Å². The summed E-state index contributed by atoms with van der Waals surface area (Å²) >= 11 is 0. The van der Waals surface area contributed by atoms with Crippen LogP contribution in [0.2, 0.25) is 0 Å². The van der Waals surface area contributed by atoms with E-state index in [9.17, 15) is 56.7 Å². The predicted molar refractivity (Wildman–Crippen MR) is 225 cm³/mol. The summed E-state index contributed by atoms with van der Waals surface area (Å²) in [6.07, 6.45) is 15.4. The van der Waals surface area contributed by atoms with Gasteiger partial charge in [-0.15, -0.1) is 0 Å². The second kappa shape index (κ2) is 20.0. The molecular weight excluding hydrogens is 873 g/mol. The molecule has 2 atom stereocenters. The van der Waals surface area contributed by atoms with E-state index in [0.29, 0.717) is 79.8 Å². The zero-order valence-corrected chi connectivity index (χ0v) is 37.5. The van der Waals surface area contributed by atoms with Crippen molar-refractivity contribution in [1.29, 1.82) is 0 Å². The molecule has 2 aromatic carbocycles. The van der Waals surface area contributed by atoms with Gasteiger partial charge in [0.2, 0.25) is 5.69 Å². The predicted octanol–water partition coefficient (Wildman–Crippen LogP) is 5.28. The molecule has 0 radical (unpaired) electrons. The molecule has 2 aromatic rings. The van der Waals surface area contributed by atoms with E-state index in [1.807, 2.05) is 42.4 Å². The van der Waals surface area contributed by atoms with E-state index < -0.39 is 78.6 Å². The Morgan fingerprint density at radius 3 is 1.79 bits per heavy atom. The topological polar surface area (TPSA) is 272 Å². The molecule has 1 N–H and O–H groups in total. The van der Waals surface area contributed by atoms with Crippen LogP contribution >= 0.6 is 0 Å². The first-order chi connectivity index (χ1) is 28.3. The van der Waals surface area contributed by atoms with E-state index in [0.717, 1.165) is 5.70 Å². The molecule has 61 heavy (non-hydrogen) atoms. The zero-order valence-electron chi connectivity index (χ0n) is 34.2. The summed E-state index contributed by atoms with van der Waals surface area (Å²) in [5, 5.41) is 9.09. The van der Waals surface area contributed by atoms with Gasteiger partial charge in [-0.1, -0.05) is 43.2 Å². The maximum Gasteiger partial charge on any atom is 0.303 e. The fourth-order valence-corrected chi connectivity index (χ4v) is 10.3. The van der Waals surface area contributed by atoms with Crippen LogP contribution in [0.1, 0.15) is 96.1 Å². The lowest BCUT2D eigenvalue weighted by Gasteiger charge is -2.30. The van der Waals surface area contributed by atoms with Crippen molar-refractivity contribution in [3.8, 4) is 0 Å². The van der Waals surface area contributed by atoms with E-state index in [-0.39, 0.29) is 25.7 Å². The molecule has 336 valence electrons. The Balaban J connectivity index is 1.69. The molecule has 0 aliphatic carbocycles. The second-order valence-corrected chi connectivity index (χ2v) is 21.3. The first kappa shape index (κ1) is 49.6. The Kier molecular flexibility index (Phi) is 16.3. The van der Waals surface area contributed by atoms with Gasteiger partial charge in [0.25, 0.3) is 0 Å². The molecule has 0 amide bonds. The Morgan fingerprint density at radius 1 is 0.689 bits per heavy atom. The Labute approximate surface area is 359 Å². The van der Waals surface area contributed by atoms with Gasteiger partial charge in [-0.05, 0) is 101 Å². The number of hydrogen-bond acceptors (Lipinski definition) is 14. The number of rotatable bonds is 23. The van der Waals surface area contributed by atoms with Crippen LogP contribution in [0.5, 0.6) is 0 Å². The quantitative estimate of drug-likeness (QED) is 0.0643. The van der Waals surface area contributed by atoms with Gasteiger partial charge in [0.15, 0.2) is 5.71 Å². The summed E-state index contributed by atoms with van der Waals surface area (Å²) in [6.45, 7) is 6.51. The number of carboxylic acid groups (broad SMARTS) is 1. The monoisotopic (exact) mass is 923 g/mol. The SMILES string of the molecule is CCN1/C(=C/C=C/C=C/C=C/C2=[N+](CCCCCC(=O)O)c3ccc(S(=O)(=O)[O-])cc3C2(C)CCCCS(=O)(=O)[O-])C(C)(CCCCS(=O)(=O)[O-])c2cc(S(=O)(=O)[O-])ccc21. The molecule has 20 heteroatoms. The standard InChI is InChI=1S/C41H54N2O14S4/c1-4-42-35-22-20-31(60(52,53)54)29-33(35)40(2,24-12-15-27-58(46,47)48)37(42)17-9-6-5-7-10-18-38-41(3,25-13-16-28-59(49,50)51)34-30-32(61(55,56)57)21-23-36(34)43(38)26-14-8-11-19-39(44)45/h5-7,9-10,17-18,20-23,29-30H,4,8,11-16,19,24-28H2,1-3H3,(H4-,44,45,46,47,48,49,50,51,52,53,54,55,56,57)/p-3. The van der Waals surface area contributed by atoms with Crippen molar-refractivity contribution in [2.45, 2.75) is 106 Å². The number of hydrogen-bond donors (Lipinski definition) is 1. The smallest absolute Gasteiger partial charge is 0.303 e. The Bertz CT molecular complexity index is 2580. The number of carboxylic acids is 1. The zero-order chi connectivity index (χ0) is 45.4. The van der Waals surface area contributed by atoms with Crippen molar-refractivity contribution in [2.75, 3.05) is 29.5 Å². The maximum absolute atomic E-state index is 12.1. The summed E-state index contributed by atoms with van der Waals surface area (Å²) in [6, 6.07) is 8.26. The van der Waals surface area contributed by atoms with Gasteiger partial charge in [-0.3, -0.25) is 4.79 Å². The highest BCUT2D eigenvalue weighted by molar-refractivity contribution is 7.86. The average Bonchev–Trinajstić information content (AvgIpc) is 3.52. The number of nitrogens with zero attached hydrogens (tertiary/aromatic N) is 2. The number of aliphatic carboxylic acids is 1. The summed E-state index contributed by atoms with van der Waals surface area (Å²) in [5.41, 5.74) is 2.12. The van der Waals surface area contributed by atoms with Crippen molar-refractivity contribution in [1.82, 2.24) is 0 Å². The molecule has 16 nitrogen and oxygen atoms in total. The first-order valence-corrected chi connectivity index (χ1v) is 25.7. The van der Waals surface area contributed by atoms with Gasteiger partial charge in [0, 0.05) is 65.4 Å². The molecule has 2 heterocycles. The van der Waals surface area contributed by atoms with Crippen molar-refractivity contribution in [3.05, 3.63) is 95.8 Å². The molecule has 2 aliphatic heterocycles. The lowest BCUT2D eigenvalue weighted by molar-refractivity contribution is -0.438. The average molecular weight is 924 g/mol. The molecule has 0 spiro atoms. The van der Waals surface area contributed by atoms with Gasteiger partial charge >= 0.3 is 5.97 Å². The molecule has 0 saturated heterocycles. The lowest BCUT2D eigenvalue weighted by Crippen LogP contribution is -2.31. The third kappa shape index (κ3) is 13.0. The summed E-state index contributed by atoms with van der Waals surface area (Å²) < 4.78 is 142. The van der Waals surface area contributed by atoms with Crippen LogP contribution in [-0.2, 0) is 56.1 Å². The number of allylic oxidation sites excluding steroid dienone is 8. The Hall–Kier alpha value is -4.02. The lowest BCUT2D eigenvalue weighted by atomic mass is 9.75. The highest BCUT2D eigenvalue weighted by Gasteiger charge is 2.47. The third-order valence-electron chi connectivity index (χ3n) is 11.2. The van der Waals surface area contributed by atoms with Gasteiger partial charge in [0.05, 0.1) is 35.4 Å². The van der Waals surface area contributed by atoms with Crippen LogP contribution in [-0.4, -0.2) is 97.8 Å². The molecule has 2 aliphatic rings. The molecule has 0 fully saturated rings. The number of carbonyl (C=O) groups is 1. The molecule has 2 unspecified atom stereocenters. The highest BCUT2D eigenvalue weighted by Crippen LogP contribution is 2.51. The van der Waals surface area contributed by atoms with Crippen molar-refractivity contribution in [3.63, 3.8) is 0 Å². The van der Waals surface area contributed by atoms with E-state index in [4.69, 9.17) is 5.11 Å². The Morgan fingerprint density at radius 2 is 1.23 bits per heavy atom. The van der Waals surface area contributed by atoms with Crippen molar-refractivity contribution in [2.24, 2.45) is 0 Å². The van der Waals surface area contributed by atoms with E-state index in [1.54, 1.807) is 42.5 Å². The summed E-state index contributed by atoms with van der Waals surface area (Å²) in [4.78, 5) is 12.2. The second-order valence-electron chi connectivity index (χ2n) is 15.5. The molecule has 0 bridgehead atoms. The van der Waals surface area contributed by atoms with Crippen LogP contribution in [0, 0.1) is 0 Å². The number of unbranched alkanes of at least 4 members (excludes halogenated alkanes) is 4. The fourth-order valence-electron chi connectivity index (χ4n) is 8.21. The normalized spacial score (nSPS) is 20.5. The molecule has 4 rings (SSSR count). The van der Waals surface area contributed by atoms with Gasteiger partial charge in [-0.25, -0.2) is 33.7 Å². The number of anilines is 1. The van der Waals surface area contributed by atoms with Crippen LogP contribution in [0.4, 0.5) is 11.4 Å². The largest absolute Gasteiger partial charge is 0.748 e. The minimum Gasteiger partial charge on any atom is -0.748 e. The van der Waals surface area contributed by atoms with E-state index >= 15 is 0 Å². The van der Waals surface area contributed by atoms with Gasteiger partial charge < -0.3 is 28.2 Å². The van der Waals surface area contributed by atoms with Crippen LogP contribution in [0.25, 0.3) is 0 Å². The van der Waals surface area contributed by atoms with Gasteiger partial charge in [0.1, 0.15) is 26.8 Å². The minimum absolute atomic E-state index is 0.00256. The van der Waals surface area contributed by atoms with Crippen molar-refractivity contribution < 1.29 is 66.4 Å². The minimum atomic E-state index is -4.84. The summed E-state index contributed by atoms with van der Waals surface area (Å²) in [7, 11) is -18.5. The number of benzene rings is 2. The summed E-state index contributed by atoms with van der Waals surface area (Å²) in [5.74, 6) is -2.05. The fraction of sp³-hybridized carbons (Fsp3) is 0.463. The number of fused-ring (bicyclic) bond motifs is 2. The molecular formula is C41H51N2O14S4-3. The van der Waals surface area contributed by atoms with Crippen LogP contribution in [0.15, 0.2) is 94.4 Å². The number of likely N-dealkylation sites (N-methyl/N-ethyl adjacent to an activating group) is 1. The first-order valence-electron chi connectivity index (χ1n) is 19.8. The van der Waals surface area contributed by atoms with Gasteiger partial charge in [-0.2, -0.15) is 4.58 Å². The molecule has 0 aromatic heterocycles. The van der Waals surface area contributed by atoms with E-state index in [2.05, 4.69) is 0 Å². The van der Waals surface area contributed by atoms with Crippen LogP contribution < -0.4 is 4.90 Å². The molecule has 0 saturated carbocycles. The highest BCUT2D eigenvalue weighted by atomic mass is 32.2. The van der Waals surface area contributed by atoms with Crippen LogP contribution in [0.3, 0.4) is 0 Å².